The van der Waals surface area contributed by atoms with Crippen LogP contribution in [-0.2, 0) is 10.2 Å². The van der Waals surface area contributed by atoms with E-state index in [2.05, 4.69) is 0 Å². The summed E-state index contributed by atoms with van der Waals surface area (Å²) in [5.41, 5.74) is 1.46. The average Bonchev–Trinajstić information content (AvgIpc) is 2.79. The second-order valence-corrected chi connectivity index (χ2v) is 4.46. The van der Waals surface area contributed by atoms with Crippen LogP contribution >= 0.6 is 0 Å². The average molecular weight is 192 g/mol. The summed E-state index contributed by atoms with van der Waals surface area (Å²) < 4.78 is 18.4. The molecule has 2 aliphatic rings. The molecule has 1 saturated carbocycles. The maximum absolute atomic E-state index is 12.8. The highest BCUT2D eigenvalue weighted by atomic mass is 19.1. The highest BCUT2D eigenvalue weighted by Crippen LogP contribution is 2.47. The summed E-state index contributed by atoms with van der Waals surface area (Å²) >= 11 is 0. The van der Waals surface area contributed by atoms with Gasteiger partial charge in [0.25, 0.3) is 0 Å². The summed E-state index contributed by atoms with van der Waals surface area (Å²) in [7, 11) is 0. The quantitative estimate of drug-likeness (QED) is 0.664. The fourth-order valence-electron chi connectivity index (χ4n) is 2.78. The van der Waals surface area contributed by atoms with Crippen molar-refractivity contribution in [1.82, 2.24) is 0 Å². The Morgan fingerprint density at radius 1 is 1.29 bits per heavy atom. The molecular weight excluding hydrogens is 179 g/mol. The number of ether oxygens (including phenoxy) is 1. The lowest BCUT2D eigenvalue weighted by atomic mass is 9.80. The van der Waals surface area contributed by atoms with Gasteiger partial charge in [-0.1, -0.05) is 12.1 Å². The van der Waals surface area contributed by atoms with Gasteiger partial charge in [-0.2, -0.15) is 0 Å². The van der Waals surface area contributed by atoms with Gasteiger partial charge < -0.3 is 4.74 Å². The summed E-state index contributed by atoms with van der Waals surface area (Å²) in [6.07, 6.45) is 3.94. The lowest BCUT2D eigenvalue weighted by molar-refractivity contribution is 0.0698. The van der Waals surface area contributed by atoms with E-state index in [4.69, 9.17) is 4.74 Å². The van der Waals surface area contributed by atoms with Crippen LogP contribution in [0.1, 0.15) is 24.8 Å². The predicted octanol–water partition coefficient (Wildman–Crippen LogP) is 2.65. The first-order valence-electron chi connectivity index (χ1n) is 5.16. The Hall–Kier alpha value is -0.890. The fourth-order valence-corrected chi connectivity index (χ4v) is 2.78. The Balaban J connectivity index is 1.98. The van der Waals surface area contributed by atoms with Gasteiger partial charge in [0.05, 0.1) is 12.7 Å². The molecule has 1 aromatic carbocycles. The first kappa shape index (κ1) is 8.42. The molecule has 14 heavy (non-hydrogen) atoms. The first-order valence-corrected chi connectivity index (χ1v) is 5.16. The molecule has 1 aromatic rings. The minimum Gasteiger partial charge on any atom is -0.377 e. The Morgan fingerprint density at radius 3 is 2.57 bits per heavy atom. The van der Waals surface area contributed by atoms with Crippen LogP contribution in [0, 0.1) is 5.82 Å². The highest BCUT2D eigenvalue weighted by molar-refractivity contribution is 5.29. The third-order valence-corrected chi connectivity index (χ3v) is 3.62. The van der Waals surface area contributed by atoms with E-state index in [0.29, 0.717) is 6.10 Å². The Labute approximate surface area is 82.9 Å². The third kappa shape index (κ3) is 1.10. The lowest BCUT2D eigenvalue weighted by Gasteiger charge is -2.25. The van der Waals surface area contributed by atoms with Crippen molar-refractivity contribution in [1.29, 1.82) is 0 Å². The molecule has 0 amide bonds. The van der Waals surface area contributed by atoms with Crippen LogP contribution in [0.4, 0.5) is 4.39 Å². The summed E-state index contributed by atoms with van der Waals surface area (Å²) in [5, 5.41) is 0. The van der Waals surface area contributed by atoms with E-state index in [1.54, 1.807) is 12.1 Å². The lowest BCUT2D eigenvalue weighted by Crippen LogP contribution is -2.25. The fraction of sp³-hybridized carbons (Fsp3) is 0.500. The molecule has 74 valence electrons. The van der Waals surface area contributed by atoms with Gasteiger partial charge >= 0.3 is 0 Å². The third-order valence-electron chi connectivity index (χ3n) is 3.62. The maximum atomic E-state index is 12.8. The number of rotatable bonds is 1. The zero-order valence-electron chi connectivity index (χ0n) is 8.00. The van der Waals surface area contributed by atoms with Gasteiger partial charge in [0.1, 0.15) is 5.82 Å². The molecule has 2 atom stereocenters. The normalized spacial score (nSPS) is 35.1. The number of halogens is 1. The van der Waals surface area contributed by atoms with Gasteiger partial charge in [0.15, 0.2) is 0 Å². The van der Waals surface area contributed by atoms with Crippen LogP contribution < -0.4 is 0 Å². The van der Waals surface area contributed by atoms with Gasteiger partial charge in [-0.3, -0.25) is 0 Å². The molecule has 0 spiro atoms. The van der Waals surface area contributed by atoms with Crippen LogP contribution in [-0.4, -0.2) is 12.7 Å². The summed E-state index contributed by atoms with van der Waals surface area (Å²) in [5.74, 6) is -0.154. The highest BCUT2D eigenvalue weighted by Gasteiger charge is 2.46. The molecule has 2 bridgehead atoms. The monoisotopic (exact) mass is 192 g/mol. The number of hydrogen-bond acceptors (Lipinski definition) is 1. The zero-order chi connectivity index (χ0) is 9.60. The van der Waals surface area contributed by atoms with E-state index in [1.807, 2.05) is 12.1 Å². The Kier molecular flexibility index (Phi) is 1.68. The molecule has 0 aromatic heterocycles. The number of benzene rings is 1. The largest absolute Gasteiger partial charge is 0.377 e. The van der Waals surface area contributed by atoms with Gasteiger partial charge in [-0.25, -0.2) is 4.39 Å². The van der Waals surface area contributed by atoms with Crippen LogP contribution in [0.25, 0.3) is 0 Å². The van der Waals surface area contributed by atoms with Crippen LogP contribution in [0.3, 0.4) is 0 Å². The van der Waals surface area contributed by atoms with Crippen molar-refractivity contribution in [3.05, 3.63) is 35.6 Å². The molecule has 1 aliphatic heterocycles. The van der Waals surface area contributed by atoms with Crippen molar-refractivity contribution < 1.29 is 9.13 Å². The van der Waals surface area contributed by atoms with Crippen molar-refractivity contribution in [2.24, 2.45) is 0 Å². The summed E-state index contributed by atoms with van der Waals surface area (Å²) in [6, 6.07) is 6.92. The molecule has 0 N–H and O–H groups in total. The van der Waals surface area contributed by atoms with E-state index in [0.717, 1.165) is 19.4 Å². The molecule has 0 radical (unpaired) electrons. The zero-order valence-corrected chi connectivity index (χ0v) is 8.00. The van der Waals surface area contributed by atoms with Crippen molar-refractivity contribution in [2.45, 2.75) is 30.8 Å². The SMILES string of the molecule is Fc1ccc(C23CCC(C2)OC3)cc1. The molecule has 1 aliphatic carbocycles. The smallest absolute Gasteiger partial charge is 0.123 e. The molecule has 2 heteroatoms. The summed E-state index contributed by atoms with van der Waals surface area (Å²) in [4.78, 5) is 0. The summed E-state index contributed by atoms with van der Waals surface area (Å²) in [6.45, 7) is 0.823. The molecular formula is C12H13FO. The predicted molar refractivity (Wildman–Crippen MR) is 51.7 cm³/mol. The van der Waals surface area contributed by atoms with E-state index in [-0.39, 0.29) is 11.2 Å². The van der Waals surface area contributed by atoms with Gasteiger partial charge in [0, 0.05) is 5.41 Å². The van der Waals surface area contributed by atoms with Crippen molar-refractivity contribution in [2.75, 3.05) is 6.61 Å². The van der Waals surface area contributed by atoms with Gasteiger partial charge in [-0.05, 0) is 37.0 Å². The Bertz CT molecular complexity index is 336. The van der Waals surface area contributed by atoms with E-state index < -0.39 is 0 Å². The second kappa shape index (κ2) is 2.80. The molecule has 3 rings (SSSR count). The number of fused-ring (bicyclic) bond motifs is 2. The molecule has 2 unspecified atom stereocenters. The minimum atomic E-state index is -0.154. The van der Waals surface area contributed by atoms with Crippen LogP contribution in [0.15, 0.2) is 24.3 Å². The molecule has 2 fully saturated rings. The standard InChI is InChI=1S/C12H13FO/c13-10-3-1-9(2-4-10)12-6-5-11(7-12)14-8-12/h1-4,11H,5-8H2. The molecule has 1 nitrogen and oxygen atoms in total. The maximum Gasteiger partial charge on any atom is 0.123 e. The van der Waals surface area contributed by atoms with E-state index >= 15 is 0 Å². The van der Waals surface area contributed by atoms with Crippen LogP contribution in [0.5, 0.6) is 0 Å². The van der Waals surface area contributed by atoms with E-state index in [1.165, 1.54) is 12.0 Å². The molecule has 1 heterocycles. The van der Waals surface area contributed by atoms with Gasteiger partial charge in [0.2, 0.25) is 0 Å². The molecule has 1 saturated heterocycles. The van der Waals surface area contributed by atoms with Crippen molar-refractivity contribution in [3.63, 3.8) is 0 Å². The minimum absolute atomic E-state index is 0.154. The van der Waals surface area contributed by atoms with Crippen LogP contribution in [0.2, 0.25) is 0 Å². The first-order chi connectivity index (χ1) is 6.78. The Morgan fingerprint density at radius 2 is 2.07 bits per heavy atom. The van der Waals surface area contributed by atoms with E-state index in [9.17, 15) is 4.39 Å². The second-order valence-electron chi connectivity index (χ2n) is 4.46. The van der Waals surface area contributed by atoms with Crippen molar-refractivity contribution >= 4 is 0 Å². The van der Waals surface area contributed by atoms with Crippen molar-refractivity contribution in [3.8, 4) is 0 Å². The topological polar surface area (TPSA) is 9.23 Å². The van der Waals surface area contributed by atoms with Gasteiger partial charge in [-0.15, -0.1) is 0 Å². The number of hydrogen-bond donors (Lipinski definition) is 0.